The molecule has 1 amide bonds. The third kappa shape index (κ3) is 8.32. The number of rotatable bonds is 11. The number of aromatic amines is 1. The van der Waals surface area contributed by atoms with Crippen molar-refractivity contribution >= 4 is 44.0 Å². The monoisotopic (exact) mass is 894 g/mol. The molecule has 4 fully saturated rings. The van der Waals surface area contributed by atoms with Gasteiger partial charge < -0.3 is 29.6 Å². The number of likely N-dealkylation sites (N-methyl/N-ethyl adjacent to an activating group) is 1. The van der Waals surface area contributed by atoms with E-state index in [9.17, 15) is 27.7 Å². The number of nitro benzene ring substituents is 1. The van der Waals surface area contributed by atoms with Gasteiger partial charge in [0.05, 0.1) is 33.9 Å². The molecule has 3 aromatic heterocycles. The molecule has 1 aliphatic carbocycles. The fourth-order valence-corrected chi connectivity index (χ4v) is 11.3. The van der Waals surface area contributed by atoms with Crippen molar-refractivity contribution in [3.8, 4) is 17.2 Å². The van der Waals surface area contributed by atoms with Gasteiger partial charge in [-0.05, 0) is 75.7 Å². The van der Waals surface area contributed by atoms with Crippen molar-refractivity contribution in [3.63, 3.8) is 0 Å². The number of nitrogens with zero attached hydrogens (tertiary/aromatic N) is 7. The number of piperazine rings is 1. The molecular weight excluding hydrogens is 844 g/mol. The minimum absolute atomic E-state index is 0.000604. The molecule has 17 nitrogen and oxygen atoms in total. The van der Waals surface area contributed by atoms with Gasteiger partial charge in [0.25, 0.3) is 21.6 Å². The van der Waals surface area contributed by atoms with Crippen molar-refractivity contribution in [2.45, 2.75) is 61.5 Å². The van der Waals surface area contributed by atoms with E-state index in [1.54, 1.807) is 30.5 Å². The number of sulfonamides is 1. The van der Waals surface area contributed by atoms with Crippen LogP contribution in [0.15, 0.2) is 78.1 Å². The van der Waals surface area contributed by atoms with Crippen LogP contribution in [0.5, 0.6) is 17.2 Å². The van der Waals surface area contributed by atoms with Crippen molar-refractivity contribution < 1.29 is 32.0 Å². The van der Waals surface area contributed by atoms with Crippen LogP contribution in [0.1, 0.15) is 60.6 Å². The maximum atomic E-state index is 14.8. The number of likely N-dealkylation sites (tertiary alicyclic amines) is 1. The van der Waals surface area contributed by atoms with Crippen molar-refractivity contribution in [2.24, 2.45) is 5.41 Å². The van der Waals surface area contributed by atoms with Crippen LogP contribution >= 0.6 is 0 Å². The lowest BCUT2D eigenvalue weighted by Crippen LogP contribution is -2.55. The van der Waals surface area contributed by atoms with Crippen LogP contribution in [0.2, 0.25) is 0 Å². The molecule has 3 saturated heterocycles. The van der Waals surface area contributed by atoms with Crippen LogP contribution in [-0.2, 0) is 10.0 Å². The van der Waals surface area contributed by atoms with Crippen LogP contribution in [0.3, 0.4) is 0 Å². The van der Waals surface area contributed by atoms with E-state index in [1.165, 1.54) is 18.5 Å². The first-order chi connectivity index (χ1) is 30.9. The Bertz CT molecular complexity index is 2690. The SMILES string of the molecule is CN1CCN(C[C@H]2COc3cc(S(=O)(=O)NC(=O)c4ncc(N5CCC6(CC5)CC(N5CCCC5c5ccccc5F)C6)cc4Oc4cnc5[nH]ccc5c4)cc([N+](=O)[O-])c3N2)CC1. The molecule has 2 atom stereocenters. The number of amides is 1. The highest BCUT2D eigenvalue weighted by molar-refractivity contribution is 7.90. The largest absolute Gasteiger partial charge is 0.489 e. The van der Waals surface area contributed by atoms with Crippen molar-refractivity contribution in [3.05, 3.63) is 100 Å². The van der Waals surface area contributed by atoms with Gasteiger partial charge in [-0.3, -0.25) is 24.7 Å². The average Bonchev–Trinajstić information content (AvgIpc) is 3.96. The normalized spacial score (nSPS) is 21.8. The minimum atomic E-state index is -4.69. The molecule has 0 radical (unpaired) electrons. The Kier molecular flexibility index (Phi) is 11.1. The molecule has 1 unspecified atom stereocenters. The maximum Gasteiger partial charge on any atom is 0.297 e. The summed E-state index contributed by atoms with van der Waals surface area (Å²) in [6.45, 7) is 6.75. The molecule has 4 aliphatic heterocycles. The maximum absolute atomic E-state index is 14.8. The fourth-order valence-electron chi connectivity index (χ4n) is 10.3. The summed E-state index contributed by atoms with van der Waals surface area (Å²) in [6, 6.07) is 14.8. The van der Waals surface area contributed by atoms with Crippen LogP contribution in [-0.4, -0.2) is 127 Å². The summed E-state index contributed by atoms with van der Waals surface area (Å²) in [7, 11) is -2.63. The fraction of sp³-hybridized carbons (Fsp3) is 0.444. The van der Waals surface area contributed by atoms with Gasteiger partial charge in [0.15, 0.2) is 22.9 Å². The van der Waals surface area contributed by atoms with Crippen molar-refractivity contribution in [1.29, 1.82) is 0 Å². The zero-order chi connectivity index (χ0) is 44.2. The zero-order valence-electron chi connectivity index (χ0n) is 35.5. The number of aromatic nitrogens is 3. The molecule has 5 aliphatic rings. The van der Waals surface area contributed by atoms with E-state index in [4.69, 9.17) is 9.47 Å². The number of hydrogen-bond donors (Lipinski definition) is 3. The lowest BCUT2D eigenvalue weighted by atomic mass is 9.60. The van der Waals surface area contributed by atoms with E-state index in [-0.39, 0.29) is 52.8 Å². The quantitative estimate of drug-likeness (QED) is 0.105. The van der Waals surface area contributed by atoms with Gasteiger partial charge in [-0.2, -0.15) is 0 Å². The van der Waals surface area contributed by atoms with Crippen LogP contribution < -0.4 is 24.4 Å². The van der Waals surface area contributed by atoms with Crippen molar-refractivity contribution in [1.82, 2.24) is 34.4 Å². The number of fused-ring (bicyclic) bond motifs is 2. The predicted octanol–water partition coefficient (Wildman–Crippen LogP) is 5.92. The van der Waals surface area contributed by atoms with Crippen molar-refractivity contribution in [2.75, 3.05) is 76.2 Å². The third-order valence-electron chi connectivity index (χ3n) is 13.9. The summed E-state index contributed by atoms with van der Waals surface area (Å²) >= 11 is 0. The smallest absolute Gasteiger partial charge is 0.297 e. The topological polar surface area (TPSA) is 191 Å². The third-order valence-corrected chi connectivity index (χ3v) is 15.2. The molecule has 10 rings (SSSR count). The Labute approximate surface area is 370 Å². The Morgan fingerprint density at radius 3 is 2.61 bits per heavy atom. The Morgan fingerprint density at radius 2 is 1.83 bits per heavy atom. The summed E-state index contributed by atoms with van der Waals surface area (Å²) in [4.78, 5) is 46.3. The summed E-state index contributed by atoms with van der Waals surface area (Å²) < 4.78 is 56.8. The number of nitro groups is 1. The number of ether oxygens (including phenoxy) is 2. The number of benzene rings is 2. The molecule has 64 heavy (non-hydrogen) atoms. The molecular formula is C45H51FN10O7S. The van der Waals surface area contributed by atoms with Gasteiger partial charge in [-0.15, -0.1) is 0 Å². The van der Waals surface area contributed by atoms with Gasteiger partial charge in [0.1, 0.15) is 23.8 Å². The van der Waals surface area contributed by atoms with Gasteiger partial charge in [0, 0.05) is 93.2 Å². The number of anilines is 2. The summed E-state index contributed by atoms with van der Waals surface area (Å²) in [5.41, 5.74) is 1.62. The molecule has 0 bridgehead atoms. The first kappa shape index (κ1) is 42.1. The average molecular weight is 895 g/mol. The molecule has 336 valence electrons. The molecule has 5 aromatic rings. The minimum Gasteiger partial charge on any atom is -0.489 e. The Balaban J connectivity index is 0.853. The molecule has 2 aromatic carbocycles. The highest BCUT2D eigenvalue weighted by atomic mass is 32.2. The van der Waals surface area contributed by atoms with E-state index in [2.05, 4.69) is 51.6 Å². The first-order valence-electron chi connectivity index (χ1n) is 22.0. The Morgan fingerprint density at radius 1 is 1.03 bits per heavy atom. The molecule has 1 spiro atoms. The number of halogens is 1. The lowest BCUT2D eigenvalue weighted by Gasteiger charge is -2.56. The van der Waals surface area contributed by atoms with Gasteiger partial charge in [0.2, 0.25) is 0 Å². The van der Waals surface area contributed by atoms with Gasteiger partial charge >= 0.3 is 0 Å². The van der Waals surface area contributed by atoms with Crippen LogP contribution in [0.25, 0.3) is 11.0 Å². The molecule has 1 saturated carbocycles. The van der Waals surface area contributed by atoms with Crippen LogP contribution in [0, 0.1) is 21.3 Å². The highest BCUT2D eigenvalue weighted by Gasteiger charge is 2.50. The predicted molar refractivity (Wildman–Crippen MR) is 237 cm³/mol. The molecule has 7 heterocycles. The molecule has 3 N–H and O–H groups in total. The summed E-state index contributed by atoms with van der Waals surface area (Å²) in [5.74, 6) is -0.909. The van der Waals surface area contributed by atoms with Gasteiger partial charge in [-0.1, -0.05) is 18.2 Å². The number of H-pyrrole nitrogens is 1. The first-order valence-corrected chi connectivity index (χ1v) is 23.4. The lowest BCUT2D eigenvalue weighted by molar-refractivity contribution is -0.384. The highest BCUT2D eigenvalue weighted by Crippen LogP contribution is 2.54. The second-order valence-corrected chi connectivity index (χ2v) is 19.6. The molecule has 19 heteroatoms. The van der Waals surface area contributed by atoms with E-state index >= 15 is 0 Å². The number of piperidine rings is 1. The second kappa shape index (κ2) is 16.9. The van der Waals surface area contributed by atoms with E-state index in [0.717, 1.165) is 101 Å². The summed E-state index contributed by atoms with van der Waals surface area (Å²) in [5, 5.41) is 16.3. The number of carbonyl (C=O) groups excluding carboxylic acids is 1. The van der Waals surface area contributed by atoms with E-state index < -0.39 is 31.4 Å². The van der Waals surface area contributed by atoms with E-state index in [0.29, 0.717) is 29.7 Å². The number of nitrogens with one attached hydrogen (secondary N) is 3. The van der Waals surface area contributed by atoms with E-state index in [1.807, 2.05) is 18.2 Å². The zero-order valence-corrected chi connectivity index (χ0v) is 36.4. The number of carbonyl (C=O) groups is 1. The standard InChI is InChI=1S/C45H51FN10O7S/c1-52-15-17-53(18-16-52)27-30-28-62-39-22-34(21-38(56(58)59)41(39)50-30)64(60,61)51-44(57)42-40(63-33-19-29-8-11-47-43(29)49-26-33)20-31(25-48-42)54-13-9-45(10-14-54)23-32(24-45)55-12-4-7-37(55)35-5-2-3-6-36(35)46/h2-3,5-6,8,11,19-22,25-26,30,32,37,50H,4,7,9-10,12-18,23-24,27-28H2,1H3,(H,47,49)(H,51,57)/t30-,37?/m0/s1. The Hall–Kier alpha value is -5.89. The van der Waals surface area contributed by atoms with Gasteiger partial charge in [-0.25, -0.2) is 27.5 Å². The second-order valence-electron chi connectivity index (χ2n) is 18.0. The van der Waals surface area contributed by atoms with Crippen LogP contribution in [0.4, 0.5) is 21.5 Å². The number of pyridine rings is 2. The number of hydrogen-bond acceptors (Lipinski definition) is 14. The summed E-state index contributed by atoms with van der Waals surface area (Å²) in [6.07, 6.45) is 10.8.